The normalized spacial score (nSPS) is 28.5. The SMILES string of the molecule is CCCN(CC1CCNCC1)C1CCCC(C)(C)CC1. The van der Waals surface area contributed by atoms with Gasteiger partial charge in [-0.15, -0.1) is 0 Å². The van der Waals surface area contributed by atoms with Gasteiger partial charge in [-0.1, -0.05) is 27.2 Å². The number of nitrogens with one attached hydrogen (secondary N) is 1. The van der Waals surface area contributed by atoms with E-state index >= 15 is 0 Å². The van der Waals surface area contributed by atoms with Crippen LogP contribution in [0.2, 0.25) is 0 Å². The minimum atomic E-state index is 0.585. The second-order valence-corrected chi connectivity index (χ2v) is 7.94. The van der Waals surface area contributed by atoms with Crippen LogP contribution in [0, 0.1) is 11.3 Å². The third kappa shape index (κ3) is 5.04. The van der Waals surface area contributed by atoms with Gasteiger partial charge in [0.05, 0.1) is 0 Å². The fourth-order valence-corrected chi connectivity index (χ4v) is 4.11. The van der Waals surface area contributed by atoms with Crippen molar-refractivity contribution >= 4 is 0 Å². The molecule has 0 amide bonds. The second-order valence-electron chi connectivity index (χ2n) is 7.94. The molecule has 1 aliphatic carbocycles. The van der Waals surface area contributed by atoms with Crippen LogP contribution in [-0.2, 0) is 0 Å². The molecule has 118 valence electrons. The molecule has 0 radical (unpaired) electrons. The molecule has 1 unspecified atom stereocenters. The molecule has 2 heteroatoms. The summed E-state index contributed by atoms with van der Waals surface area (Å²) in [5.41, 5.74) is 0.585. The van der Waals surface area contributed by atoms with E-state index < -0.39 is 0 Å². The molecule has 1 heterocycles. The third-order valence-electron chi connectivity index (χ3n) is 5.52. The number of hydrogen-bond acceptors (Lipinski definition) is 2. The molecule has 20 heavy (non-hydrogen) atoms. The molecule has 0 aromatic carbocycles. The largest absolute Gasteiger partial charge is 0.317 e. The maximum atomic E-state index is 3.50. The lowest BCUT2D eigenvalue weighted by molar-refractivity contribution is 0.136. The van der Waals surface area contributed by atoms with Gasteiger partial charge >= 0.3 is 0 Å². The zero-order valence-electron chi connectivity index (χ0n) is 14.1. The molecule has 2 nitrogen and oxygen atoms in total. The molecule has 0 aromatic rings. The Morgan fingerprint density at radius 1 is 1.05 bits per heavy atom. The number of hydrogen-bond donors (Lipinski definition) is 1. The lowest BCUT2D eigenvalue weighted by Crippen LogP contribution is -2.42. The first kappa shape index (κ1) is 16.3. The maximum absolute atomic E-state index is 3.50. The van der Waals surface area contributed by atoms with E-state index in [1.165, 1.54) is 77.5 Å². The number of piperidine rings is 1. The molecule has 1 N–H and O–H groups in total. The number of rotatable bonds is 5. The van der Waals surface area contributed by atoms with Crippen molar-refractivity contribution in [3.8, 4) is 0 Å². The van der Waals surface area contributed by atoms with Crippen molar-refractivity contribution in [3.63, 3.8) is 0 Å². The molecule has 1 saturated heterocycles. The fourth-order valence-electron chi connectivity index (χ4n) is 4.11. The summed E-state index contributed by atoms with van der Waals surface area (Å²) in [6, 6.07) is 0.867. The van der Waals surface area contributed by atoms with Crippen LogP contribution in [-0.4, -0.2) is 37.1 Å². The third-order valence-corrected chi connectivity index (χ3v) is 5.52. The molecule has 0 aromatic heterocycles. The van der Waals surface area contributed by atoms with Gasteiger partial charge in [-0.2, -0.15) is 0 Å². The Labute approximate surface area is 126 Å². The summed E-state index contributed by atoms with van der Waals surface area (Å²) in [6.07, 6.45) is 11.2. The molecule has 0 spiro atoms. The van der Waals surface area contributed by atoms with Crippen molar-refractivity contribution in [1.82, 2.24) is 10.2 Å². The summed E-state index contributed by atoms with van der Waals surface area (Å²) in [5, 5.41) is 3.50. The summed E-state index contributed by atoms with van der Waals surface area (Å²) in [5.74, 6) is 0.944. The second kappa shape index (κ2) is 7.79. The van der Waals surface area contributed by atoms with E-state index in [1.807, 2.05) is 0 Å². The van der Waals surface area contributed by atoms with Gasteiger partial charge in [0.15, 0.2) is 0 Å². The lowest BCUT2D eigenvalue weighted by atomic mass is 9.85. The van der Waals surface area contributed by atoms with E-state index in [9.17, 15) is 0 Å². The quantitative estimate of drug-likeness (QED) is 0.764. The van der Waals surface area contributed by atoms with Gasteiger partial charge in [0.2, 0.25) is 0 Å². The Morgan fingerprint density at radius 3 is 2.50 bits per heavy atom. The summed E-state index contributed by atoms with van der Waals surface area (Å²) in [4.78, 5) is 2.86. The van der Waals surface area contributed by atoms with Crippen LogP contribution in [0.4, 0.5) is 0 Å². The molecular weight excluding hydrogens is 244 g/mol. The molecule has 1 atom stereocenters. The maximum Gasteiger partial charge on any atom is 0.00955 e. The Bertz CT molecular complexity index is 269. The van der Waals surface area contributed by atoms with Crippen LogP contribution >= 0.6 is 0 Å². The lowest BCUT2D eigenvalue weighted by Gasteiger charge is -2.35. The molecule has 0 bridgehead atoms. The van der Waals surface area contributed by atoms with Crippen LogP contribution in [0.3, 0.4) is 0 Å². The van der Waals surface area contributed by atoms with Gasteiger partial charge in [-0.05, 0) is 75.9 Å². The van der Waals surface area contributed by atoms with Gasteiger partial charge in [0.25, 0.3) is 0 Å². The molecule has 2 fully saturated rings. The Hall–Kier alpha value is -0.0800. The van der Waals surface area contributed by atoms with Crippen molar-refractivity contribution in [2.24, 2.45) is 11.3 Å². The monoisotopic (exact) mass is 280 g/mol. The van der Waals surface area contributed by atoms with Crippen LogP contribution in [0.5, 0.6) is 0 Å². The van der Waals surface area contributed by atoms with Gasteiger partial charge < -0.3 is 10.2 Å². The first-order valence-corrected chi connectivity index (χ1v) is 9.05. The van der Waals surface area contributed by atoms with E-state index in [1.54, 1.807) is 0 Å². The standard InChI is InChI=1S/C18H36N2/c1-4-14-20(15-16-8-12-19-13-9-16)17-6-5-10-18(2,3)11-7-17/h16-17,19H,4-15H2,1-3H3. The first-order valence-electron chi connectivity index (χ1n) is 9.05. The van der Waals surface area contributed by atoms with Crippen molar-refractivity contribution in [1.29, 1.82) is 0 Å². The highest BCUT2D eigenvalue weighted by Crippen LogP contribution is 2.35. The van der Waals surface area contributed by atoms with Crippen LogP contribution in [0.15, 0.2) is 0 Å². The van der Waals surface area contributed by atoms with Crippen LogP contribution in [0.1, 0.15) is 72.1 Å². The molecule has 1 aliphatic heterocycles. The van der Waals surface area contributed by atoms with Crippen molar-refractivity contribution in [2.45, 2.75) is 78.2 Å². The summed E-state index contributed by atoms with van der Waals surface area (Å²) in [6.45, 7) is 12.4. The van der Waals surface area contributed by atoms with E-state index in [2.05, 4.69) is 31.0 Å². The van der Waals surface area contributed by atoms with Crippen molar-refractivity contribution in [2.75, 3.05) is 26.2 Å². The highest BCUT2D eigenvalue weighted by atomic mass is 15.2. The summed E-state index contributed by atoms with van der Waals surface area (Å²) < 4.78 is 0. The van der Waals surface area contributed by atoms with Crippen LogP contribution in [0.25, 0.3) is 0 Å². The Morgan fingerprint density at radius 2 is 1.80 bits per heavy atom. The Kier molecular flexibility index (Phi) is 6.35. The van der Waals surface area contributed by atoms with Gasteiger partial charge in [-0.3, -0.25) is 0 Å². The average molecular weight is 280 g/mol. The molecule has 2 aliphatic rings. The number of nitrogens with zero attached hydrogens (tertiary/aromatic N) is 1. The van der Waals surface area contributed by atoms with Crippen molar-refractivity contribution in [3.05, 3.63) is 0 Å². The molecular formula is C18H36N2. The summed E-state index contributed by atoms with van der Waals surface area (Å²) in [7, 11) is 0. The predicted octanol–water partition coefficient (Wildman–Crippen LogP) is 4.06. The van der Waals surface area contributed by atoms with E-state index in [0.717, 1.165) is 12.0 Å². The minimum absolute atomic E-state index is 0.585. The average Bonchev–Trinajstić information content (AvgIpc) is 2.60. The highest BCUT2D eigenvalue weighted by molar-refractivity contribution is 4.83. The van der Waals surface area contributed by atoms with Crippen molar-refractivity contribution < 1.29 is 0 Å². The first-order chi connectivity index (χ1) is 9.61. The topological polar surface area (TPSA) is 15.3 Å². The zero-order valence-corrected chi connectivity index (χ0v) is 14.1. The fraction of sp³-hybridized carbons (Fsp3) is 1.00. The molecule has 2 rings (SSSR count). The van der Waals surface area contributed by atoms with Gasteiger partial charge in [-0.25, -0.2) is 0 Å². The zero-order chi connectivity index (χ0) is 14.4. The summed E-state index contributed by atoms with van der Waals surface area (Å²) >= 11 is 0. The van der Waals surface area contributed by atoms with Gasteiger partial charge in [0.1, 0.15) is 0 Å². The van der Waals surface area contributed by atoms with E-state index in [4.69, 9.17) is 0 Å². The Balaban J connectivity index is 1.89. The van der Waals surface area contributed by atoms with E-state index in [0.29, 0.717) is 5.41 Å². The van der Waals surface area contributed by atoms with Crippen LogP contribution < -0.4 is 5.32 Å². The minimum Gasteiger partial charge on any atom is -0.317 e. The smallest absolute Gasteiger partial charge is 0.00955 e. The van der Waals surface area contributed by atoms with E-state index in [-0.39, 0.29) is 0 Å². The highest BCUT2D eigenvalue weighted by Gasteiger charge is 2.28. The predicted molar refractivity (Wildman–Crippen MR) is 88.1 cm³/mol. The van der Waals surface area contributed by atoms with Gasteiger partial charge in [0, 0.05) is 12.6 Å². The molecule has 1 saturated carbocycles.